The van der Waals surface area contributed by atoms with Gasteiger partial charge in [-0.1, -0.05) is 12.1 Å². The predicted octanol–water partition coefficient (Wildman–Crippen LogP) is 4.71. The Bertz CT molecular complexity index is 1370. The number of benzene rings is 3. The zero-order chi connectivity index (χ0) is 24.5. The molecule has 35 heavy (non-hydrogen) atoms. The molecule has 1 aromatic heterocycles. The van der Waals surface area contributed by atoms with Crippen LogP contribution in [0.5, 0.6) is 23.0 Å². The number of phenols is 1. The van der Waals surface area contributed by atoms with E-state index in [2.05, 4.69) is 10.3 Å². The minimum absolute atomic E-state index is 0.0761. The maximum Gasteiger partial charge on any atom is 0.257 e. The monoisotopic (exact) mass is 473 g/mol. The number of phenolic OH excluding ortho intramolecular Hbond substituents is 1. The van der Waals surface area contributed by atoms with Crippen molar-refractivity contribution in [2.75, 3.05) is 33.2 Å². The van der Waals surface area contributed by atoms with E-state index in [-0.39, 0.29) is 23.2 Å². The highest BCUT2D eigenvalue weighted by Gasteiger charge is 2.33. The second-order valence-electron chi connectivity index (χ2n) is 8.34. The molecule has 0 fully saturated rings. The molecule has 0 spiro atoms. The molecule has 1 aliphatic heterocycles. The average Bonchev–Trinajstić information content (AvgIpc) is 3.30. The van der Waals surface area contributed by atoms with Crippen molar-refractivity contribution in [1.29, 1.82) is 0 Å². The highest BCUT2D eigenvalue weighted by molar-refractivity contribution is 6.01. The fraction of sp³-hybridized carbons (Fsp3) is 0.222. The number of carbonyl (C=O) groups excluding carboxylic acids is 1. The molecule has 4 aromatic rings. The number of carbonyl (C=O) groups is 1. The summed E-state index contributed by atoms with van der Waals surface area (Å²) in [6.45, 7) is 0.459. The van der Waals surface area contributed by atoms with Crippen LogP contribution >= 0.6 is 0 Å². The van der Waals surface area contributed by atoms with E-state index in [1.807, 2.05) is 48.7 Å². The Morgan fingerprint density at radius 2 is 1.71 bits per heavy atom. The van der Waals surface area contributed by atoms with Gasteiger partial charge in [-0.3, -0.25) is 4.79 Å². The summed E-state index contributed by atoms with van der Waals surface area (Å²) in [7, 11) is 4.61. The van der Waals surface area contributed by atoms with E-state index >= 15 is 0 Å². The van der Waals surface area contributed by atoms with Gasteiger partial charge in [-0.15, -0.1) is 0 Å². The number of amides is 1. The van der Waals surface area contributed by atoms with Crippen LogP contribution in [0.2, 0.25) is 0 Å². The number of aromatic amines is 1. The van der Waals surface area contributed by atoms with Crippen LogP contribution in [0.4, 0.5) is 5.69 Å². The van der Waals surface area contributed by atoms with Gasteiger partial charge in [0.15, 0.2) is 11.5 Å². The van der Waals surface area contributed by atoms with Gasteiger partial charge in [0.2, 0.25) is 5.75 Å². The largest absolute Gasteiger partial charge is 0.502 e. The predicted molar refractivity (Wildman–Crippen MR) is 134 cm³/mol. The highest BCUT2D eigenvalue weighted by Crippen LogP contribution is 2.42. The Hall–Kier alpha value is -4.33. The van der Waals surface area contributed by atoms with Gasteiger partial charge in [-0.25, -0.2) is 0 Å². The molecule has 0 aliphatic carbocycles. The first kappa shape index (κ1) is 22.5. The lowest BCUT2D eigenvalue weighted by Gasteiger charge is -2.38. The molecule has 0 bridgehead atoms. The molecule has 1 aliphatic rings. The fourth-order valence-corrected chi connectivity index (χ4v) is 4.59. The summed E-state index contributed by atoms with van der Waals surface area (Å²) in [5.41, 5.74) is 4.20. The van der Waals surface area contributed by atoms with E-state index in [1.165, 1.54) is 14.2 Å². The second-order valence-corrected chi connectivity index (χ2v) is 8.34. The number of para-hydroxylation sites is 1. The van der Waals surface area contributed by atoms with E-state index in [4.69, 9.17) is 14.2 Å². The maximum absolute atomic E-state index is 13.6. The lowest BCUT2D eigenvalue weighted by atomic mass is 10.0. The van der Waals surface area contributed by atoms with Gasteiger partial charge < -0.3 is 34.5 Å². The first-order valence-electron chi connectivity index (χ1n) is 11.3. The zero-order valence-corrected chi connectivity index (χ0v) is 19.8. The molecular weight excluding hydrogens is 446 g/mol. The van der Waals surface area contributed by atoms with Crippen molar-refractivity contribution in [2.45, 2.75) is 12.6 Å². The van der Waals surface area contributed by atoms with Crippen molar-refractivity contribution in [3.63, 3.8) is 0 Å². The number of fused-ring (bicyclic) bond motifs is 2. The number of nitrogens with one attached hydrogen (secondary N) is 2. The lowest BCUT2D eigenvalue weighted by molar-refractivity contribution is 0.0685. The van der Waals surface area contributed by atoms with Crippen LogP contribution in [0.3, 0.4) is 0 Å². The van der Waals surface area contributed by atoms with Crippen LogP contribution in [0.1, 0.15) is 27.7 Å². The third kappa shape index (κ3) is 3.97. The van der Waals surface area contributed by atoms with E-state index in [0.29, 0.717) is 18.5 Å². The number of hydrogen-bond acceptors (Lipinski definition) is 6. The number of nitrogens with zero attached hydrogens (tertiary/aromatic N) is 1. The summed E-state index contributed by atoms with van der Waals surface area (Å²) in [6, 6.07) is 16.8. The van der Waals surface area contributed by atoms with Gasteiger partial charge in [-0.05, 0) is 54.4 Å². The molecule has 0 saturated heterocycles. The fourth-order valence-electron chi connectivity index (χ4n) is 4.59. The Kier molecular flexibility index (Phi) is 5.86. The van der Waals surface area contributed by atoms with Crippen LogP contribution in [0.15, 0.2) is 60.8 Å². The summed E-state index contributed by atoms with van der Waals surface area (Å²) < 4.78 is 16.1. The molecular formula is C27H27N3O5. The Labute approximate surface area is 203 Å². The summed E-state index contributed by atoms with van der Waals surface area (Å²) in [6.07, 6.45) is 2.12. The topological polar surface area (TPSA) is 96.1 Å². The van der Waals surface area contributed by atoms with Gasteiger partial charge in [0.25, 0.3) is 5.91 Å². The molecule has 180 valence electrons. The number of aromatic nitrogens is 1. The van der Waals surface area contributed by atoms with Gasteiger partial charge in [0.1, 0.15) is 11.9 Å². The van der Waals surface area contributed by atoms with Crippen LogP contribution in [0.25, 0.3) is 10.9 Å². The first-order valence-corrected chi connectivity index (χ1v) is 11.3. The summed E-state index contributed by atoms with van der Waals surface area (Å²) >= 11 is 0. The minimum Gasteiger partial charge on any atom is -0.502 e. The van der Waals surface area contributed by atoms with Crippen molar-refractivity contribution in [2.24, 2.45) is 0 Å². The standard InChI is InChI=1S/C27H27N3O5/c1-33-18-8-9-21-20(14-18)16(15-28-21)10-11-30-26(29-22-7-5-4-6-19(22)27(30)32)17-12-23(34-2)25(31)24(13-17)35-3/h4-9,12-15,26,28-29,31H,10-11H2,1-3H3. The highest BCUT2D eigenvalue weighted by atomic mass is 16.5. The third-order valence-electron chi connectivity index (χ3n) is 6.44. The number of aromatic hydroxyl groups is 1. The van der Waals surface area contributed by atoms with Gasteiger partial charge in [0, 0.05) is 34.9 Å². The quantitative estimate of drug-likeness (QED) is 0.360. The molecule has 3 aromatic carbocycles. The van der Waals surface area contributed by atoms with Crippen molar-refractivity contribution in [1.82, 2.24) is 9.88 Å². The molecule has 0 saturated carbocycles. The molecule has 1 amide bonds. The lowest BCUT2D eigenvalue weighted by Crippen LogP contribution is -2.44. The molecule has 1 unspecified atom stereocenters. The molecule has 3 N–H and O–H groups in total. The molecule has 8 heteroatoms. The number of hydrogen-bond donors (Lipinski definition) is 3. The number of anilines is 1. The van der Waals surface area contributed by atoms with E-state index < -0.39 is 6.17 Å². The first-order chi connectivity index (χ1) is 17.0. The summed E-state index contributed by atoms with van der Waals surface area (Å²) in [5, 5.41) is 14.9. The van der Waals surface area contributed by atoms with Crippen molar-refractivity contribution >= 4 is 22.5 Å². The summed E-state index contributed by atoms with van der Waals surface area (Å²) in [5.74, 6) is 1.17. The average molecular weight is 474 g/mol. The van der Waals surface area contributed by atoms with E-state index in [0.717, 1.165) is 33.5 Å². The summed E-state index contributed by atoms with van der Waals surface area (Å²) in [4.78, 5) is 18.7. The molecule has 5 rings (SSSR count). The Morgan fingerprint density at radius 1 is 0.971 bits per heavy atom. The van der Waals surface area contributed by atoms with E-state index in [1.54, 1.807) is 24.1 Å². The minimum atomic E-state index is -0.486. The van der Waals surface area contributed by atoms with Crippen molar-refractivity contribution < 1.29 is 24.1 Å². The third-order valence-corrected chi connectivity index (χ3v) is 6.44. The number of H-pyrrole nitrogens is 1. The van der Waals surface area contributed by atoms with Gasteiger partial charge >= 0.3 is 0 Å². The Balaban J connectivity index is 1.53. The number of methoxy groups -OCH3 is 3. The van der Waals surface area contributed by atoms with Crippen LogP contribution in [-0.2, 0) is 6.42 Å². The molecule has 1 atom stereocenters. The smallest absolute Gasteiger partial charge is 0.257 e. The van der Waals surface area contributed by atoms with Crippen LogP contribution < -0.4 is 19.5 Å². The number of ether oxygens (including phenoxy) is 3. The van der Waals surface area contributed by atoms with Gasteiger partial charge in [-0.2, -0.15) is 0 Å². The van der Waals surface area contributed by atoms with Crippen LogP contribution in [-0.4, -0.2) is 48.8 Å². The SMILES string of the molecule is COc1ccc2[nH]cc(CCN3C(=O)c4ccccc4NC3c3cc(OC)c(O)c(OC)c3)c2c1. The Morgan fingerprint density at radius 3 is 2.43 bits per heavy atom. The molecule has 0 radical (unpaired) electrons. The number of rotatable bonds is 7. The maximum atomic E-state index is 13.6. The normalized spacial score (nSPS) is 15.0. The second kappa shape index (κ2) is 9.13. The van der Waals surface area contributed by atoms with Crippen LogP contribution in [0, 0.1) is 0 Å². The van der Waals surface area contributed by atoms with Crippen molar-refractivity contribution in [3.8, 4) is 23.0 Å². The van der Waals surface area contributed by atoms with Crippen molar-refractivity contribution in [3.05, 3.63) is 77.5 Å². The van der Waals surface area contributed by atoms with Gasteiger partial charge in [0.05, 0.1) is 26.9 Å². The molecule has 2 heterocycles. The molecule has 8 nitrogen and oxygen atoms in total. The van der Waals surface area contributed by atoms with E-state index in [9.17, 15) is 9.90 Å². The zero-order valence-electron chi connectivity index (χ0n) is 19.8.